The third-order valence-corrected chi connectivity index (χ3v) is 2.20. The van der Waals surface area contributed by atoms with Gasteiger partial charge in [0, 0.05) is 12.0 Å². The van der Waals surface area contributed by atoms with Crippen molar-refractivity contribution in [1.29, 1.82) is 0 Å². The first-order valence-corrected chi connectivity index (χ1v) is 3.60. The third kappa shape index (κ3) is 2.56. The van der Waals surface area contributed by atoms with Gasteiger partial charge in [0.05, 0.1) is 6.54 Å². The maximum atomic E-state index is 12.6. The van der Waals surface area contributed by atoms with Crippen molar-refractivity contribution in [2.45, 2.75) is 38.2 Å². The Morgan fingerprint density at radius 1 is 1.45 bits per heavy atom. The van der Waals surface area contributed by atoms with Gasteiger partial charge in [-0.3, -0.25) is 0 Å². The van der Waals surface area contributed by atoms with Crippen molar-refractivity contribution in [1.82, 2.24) is 5.32 Å². The summed E-state index contributed by atoms with van der Waals surface area (Å²) in [7, 11) is 0. The van der Waals surface area contributed by atoms with Gasteiger partial charge in [-0.1, -0.05) is 6.92 Å². The van der Waals surface area contributed by atoms with E-state index < -0.39 is 5.92 Å². The third-order valence-electron chi connectivity index (χ3n) is 2.20. The smallest absolute Gasteiger partial charge is 0.262 e. The van der Waals surface area contributed by atoms with Gasteiger partial charge in [-0.2, -0.15) is 0 Å². The number of nitrogens with one attached hydrogen (secondary N) is 1. The summed E-state index contributed by atoms with van der Waals surface area (Å²) in [4.78, 5) is 0. The Balaban J connectivity index is 0.000001000. The predicted octanol–water partition coefficient (Wildman–Crippen LogP) is 2.21. The van der Waals surface area contributed by atoms with Crippen molar-refractivity contribution in [2.24, 2.45) is 0 Å². The molecule has 4 heteroatoms. The second-order valence-corrected chi connectivity index (χ2v) is 3.30. The van der Waals surface area contributed by atoms with Crippen LogP contribution in [0.4, 0.5) is 8.78 Å². The molecule has 0 bridgehead atoms. The van der Waals surface area contributed by atoms with Gasteiger partial charge in [0.1, 0.15) is 0 Å². The number of alkyl halides is 2. The van der Waals surface area contributed by atoms with Crippen LogP contribution in [0.1, 0.15) is 26.7 Å². The molecule has 1 fully saturated rings. The van der Waals surface area contributed by atoms with Gasteiger partial charge in [0.2, 0.25) is 0 Å². The van der Waals surface area contributed by atoms with Crippen molar-refractivity contribution < 1.29 is 8.78 Å². The minimum Gasteiger partial charge on any atom is -0.306 e. The molecule has 0 aromatic heterocycles. The van der Waals surface area contributed by atoms with Gasteiger partial charge < -0.3 is 5.32 Å². The topological polar surface area (TPSA) is 12.0 Å². The van der Waals surface area contributed by atoms with Crippen molar-refractivity contribution >= 4 is 12.4 Å². The van der Waals surface area contributed by atoms with Crippen molar-refractivity contribution in [3.8, 4) is 0 Å². The van der Waals surface area contributed by atoms with E-state index >= 15 is 0 Å². The monoisotopic (exact) mass is 185 g/mol. The Morgan fingerprint density at radius 2 is 2.00 bits per heavy atom. The Hall–Kier alpha value is 0.110. The lowest BCUT2D eigenvalue weighted by Crippen LogP contribution is -2.34. The highest BCUT2D eigenvalue weighted by molar-refractivity contribution is 5.85. The maximum Gasteiger partial charge on any atom is 0.262 e. The van der Waals surface area contributed by atoms with Crippen LogP contribution >= 0.6 is 12.4 Å². The normalized spacial score (nSPS) is 34.9. The molecule has 0 aromatic carbocycles. The van der Waals surface area contributed by atoms with Crippen molar-refractivity contribution in [3.63, 3.8) is 0 Å². The molecule has 1 rings (SSSR count). The molecule has 1 aliphatic rings. The lowest BCUT2D eigenvalue weighted by molar-refractivity contribution is 0.0165. The molecule has 1 N–H and O–H groups in total. The molecule has 0 aliphatic carbocycles. The minimum atomic E-state index is -2.48. The van der Waals surface area contributed by atoms with Crippen molar-refractivity contribution in [2.75, 3.05) is 6.54 Å². The summed E-state index contributed by atoms with van der Waals surface area (Å²) in [6.07, 6.45) is 0.749. The van der Waals surface area contributed by atoms with Crippen molar-refractivity contribution in [3.05, 3.63) is 0 Å². The second kappa shape index (κ2) is 3.23. The van der Waals surface area contributed by atoms with Crippen LogP contribution < -0.4 is 5.32 Å². The van der Waals surface area contributed by atoms with E-state index in [0.717, 1.165) is 6.42 Å². The van der Waals surface area contributed by atoms with Crippen LogP contribution in [0.15, 0.2) is 0 Å². The largest absolute Gasteiger partial charge is 0.306 e. The fourth-order valence-electron chi connectivity index (χ4n) is 1.29. The lowest BCUT2D eigenvalue weighted by atomic mass is 9.96. The highest BCUT2D eigenvalue weighted by Crippen LogP contribution is 2.33. The van der Waals surface area contributed by atoms with Crippen LogP contribution in [0.3, 0.4) is 0 Å². The first kappa shape index (κ1) is 11.1. The van der Waals surface area contributed by atoms with E-state index in [0.29, 0.717) is 0 Å². The molecule has 0 aromatic rings. The Labute approximate surface area is 72.0 Å². The molecule has 1 saturated heterocycles. The number of hydrogen-bond acceptors (Lipinski definition) is 1. The van der Waals surface area contributed by atoms with E-state index in [1.54, 1.807) is 0 Å². The van der Waals surface area contributed by atoms with E-state index in [9.17, 15) is 8.78 Å². The van der Waals surface area contributed by atoms with Crippen LogP contribution in [0.5, 0.6) is 0 Å². The van der Waals surface area contributed by atoms with Gasteiger partial charge in [-0.05, 0) is 13.3 Å². The molecule has 1 aliphatic heterocycles. The van der Waals surface area contributed by atoms with Gasteiger partial charge in [0.25, 0.3) is 5.92 Å². The fraction of sp³-hybridized carbons (Fsp3) is 1.00. The van der Waals surface area contributed by atoms with Gasteiger partial charge >= 0.3 is 0 Å². The summed E-state index contributed by atoms with van der Waals surface area (Å²) in [6.45, 7) is 3.61. The molecule has 0 spiro atoms. The quantitative estimate of drug-likeness (QED) is 0.661. The average molecular weight is 186 g/mol. The zero-order chi connectivity index (χ0) is 7.83. The van der Waals surface area contributed by atoms with Crippen LogP contribution in [-0.2, 0) is 0 Å². The number of halogens is 3. The first-order chi connectivity index (χ1) is 4.47. The first-order valence-electron chi connectivity index (χ1n) is 3.60. The lowest BCUT2D eigenvalue weighted by Gasteiger charge is -2.21. The molecule has 0 amide bonds. The highest BCUT2D eigenvalue weighted by Gasteiger charge is 2.45. The van der Waals surface area contributed by atoms with Crippen LogP contribution in [-0.4, -0.2) is 18.0 Å². The molecule has 0 saturated carbocycles. The van der Waals surface area contributed by atoms with E-state index in [1.807, 2.05) is 13.8 Å². The standard InChI is InChI=1S/C7H13F2N.ClH/c1-3-6(2)4-7(8,9)5-10-6;/h10H,3-5H2,1-2H3;1H. The van der Waals surface area contributed by atoms with E-state index in [1.165, 1.54) is 0 Å². The minimum absolute atomic E-state index is 0. The fourth-order valence-corrected chi connectivity index (χ4v) is 1.29. The zero-order valence-electron chi connectivity index (χ0n) is 6.79. The predicted molar refractivity (Wildman–Crippen MR) is 43.5 cm³/mol. The molecule has 0 radical (unpaired) electrons. The van der Waals surface area contributed by atoms with E-state index in [4.69, 9.17) is 0 Å². The Bertz CT molecular complexity index is 140. The summed E-state index contributed by atoms with van der Waals surface area (Å²) in [5, 5.41) is 2.82. The molecule has 1 nitrogen and oxygen atoms in total. The van der Waals surface area contributed by atoms with Crippen LogP contribution in [0.2, 0.25) is 0 Å². The highest BCUT2D eigenvalue weighted by atomic mass is 35.5. The SMILES string of the molecule is CCC1(C)CC(F)(F)CN1.Cl. The van der Waals surface area contributed by atoms with Crippen LogP contribution in [0, 0.1) is 0 Å². The summed E-state index contributed by atoms with van der Waals surface area (Å²) in [5.74, 6) is -2.48. The molecule has 1 unspecified atom stereocenters. The Morgan fingerprint density at radius 3 is 2.18 bits per heavy atom. The molecule has 1 atom stereocenters. The number of hydrogen-bond donors (Lipinski definition) is 1. The zero-order valence-corrected chi connectivity index (χ0v) is 7.60. The van der Waals surface area contributed by atoms with Crippen LogP contribution in [0.25, 0.3) is 0 Å². The molecular weight excluding hydrogens is 172 g/mol. The second-order valence-electron chi connectivity index (χ2n) is 3.30. The summed E-state index contributed by atoms with van der Waals surface area (Å²) < 4.78 is 25.1. The molecule has 1 heterocycles. The van der Waals surface area contributed by atoms with Gasteiger partial charge in [-0.15, -0.1) is 12.4 Å². The average Bonchev–Trinajstić information content (AvgIpc) is 2.08. The van der Waals surface area contributed by atoms with Gasteiger partial charge in [-0.25, -0.2) is 8.78 Å². The van der Waals surface area contributed by atoms with E-state index in [-0.39, 0.29) is 30.9 Å². The summed E-state index contributed by atoms with van der Waals surface area (Å²) in [6, 6.07) is 0. The maximum absolute atomic E-state index is 12.6. The molecular formula is C7H14ClF2N. The molecule has 11 heavy (non-hydrogen) atoms. The Kier molecular flexibility index (Phi) is 3.27. The number of rotatable bonds is 1. The molecule has 68 valence electrons. The summed E-state index contributed by atoms with van der Waals surface area (Å²) >= 11 is 0. The van der Waals surface area contributed by atoms with Gasteiger partial charge in [0.15, 0.2) is 0 Å². The summed E-state index contributed by atoms with van der Waals surface area (Å²) in [5.41, 5.74) is -0.330. The van der Waals surface area contributed by atoms with E-state index in [2.05, 4.69) is 5.32 Å².